The van der Waals surface area contributed by atoms with E-state index in [0.717, 1.165) is 6.42 Å². The third-order valence-electron chi connectivity index (χ3n) is 3.18. The molecular formula is C20H21O4P. The maximum atomic E-state index is 11.7. The molecule has 0 aliphatic heterocycles. The molecule has 130 valence electrons. The molecule has 0 bridgehead atoms. The van der Waals surface area contributed by atoms with Crippen LogP contribution < -0.4 is 9.05 Å². The van der Waals surface area contributed by atoms with Crippen molar-refractivity contribution in [3.8, 4) is 11.5 Å². The van der Waals surface area contributed by atoms with E-state index in [2.05, 4.69) is 31.2 Å². The van der Waals surface area contributed by atoms with Crippen molar-refractivity contribution >= 4 is 7.82 Å². The van der Waals surface area contributed by atoms with Gasteiger partial charge >= 0.3 is 7.82 Å². The Hall–Kier alpha value is -2.55. The number of hydrogen-bond acceptors (Lipinski definition) is 3. The van der Waals surface area contributed by atoms with E-state index in [4.69, 9.17) is 9.05 Å². The molecule has 3 aromatic carbocycles. The lowest BCUT2D eigenvalue weighted by atomic mass is 10.2. The van der Waals surface area contributed by atoms with Crippen molar-refractivity contribution in [3.05, 3.63) is 96.6 Å². The smallest absolute Gasteiger partial charge is 0.395 e. The van der Waals surface area contributed by atoms with Crippen LogP contribution in [0, 0.1) is 0 Å². The Labute approximate surface area is 148 Å². The fourth-order valence-corrected chi connectivity index (χ4v) is 2.77. The summed E-state index contributed by atoms with van der Waals surface area (Å²) in [6, 6.07) is 27.2. The summed E-state index contributed by atoms with van der Waals surface area (Å²) >= 11 is 0. The molecule has 0 fully saturated rings. The fourth-order valence-electron chi connectivity index (χ4n) is 1.96. The zero-order valence-corrected chi connectivity index (χ0v) is 14.9. The number of aryl methyl sites for hydroxylation is 1. The van der Waals surface area contributed by atoms with Gasteiger partial charge in [0.15, 0.2) is 0 Å². The Balaban J connectivity index is 0.000000236. The molecule has 0 amide bonds. The van der Waals surface area contributed by atoms with Gasteiger partial charge in [0.25, 0.3) is 0 Å². The second kappa shape index (κ2) is 9.67. The van der Waals surface area contributed by atoms with E-state index in [9.17, 15) is 9.46 Å². The van der Waals surface area contributed by atoms with Crippen LogP contribution in [0.4, 0.5) is 0 Å². The van der Waals surface area contributed by atoms with Crippen LogP contribution in [0.25, 0.3) is 0 Å². The number of phosphoric ester groups is 1. The van der Waals surface area contributed by atoms with Crippen LogP contribution in [0.15, 0.2) is 91.0 Å². The summed E-state index contributed by atoms with van der Waals surface area (Å²) < 4.78 is 21.5. The maximum Gasteiger partial charge on any atom is 0.584 e. The van der Waals surface area contributed by atoms with Crippen molar-refractivity contribution in [1.29, 1.82) is 0 Å². The molecule has 0 radical (unpaired) electrons. The van der Waals surface area contributed by atoms with Gasteiger partial charge < -0.3 is 9.05 Å². The minimum atomic E-state index is -4.14. The van der Waals surface area contributed by atoms with Gasteiger partial charge in [0.2, 0.25) is 0 Å². The highest BCUT2D eigenvalue weighted by molar-refractivity contribution is 7.48. The lowest BCUT2D eigenvalue weighted by molar-refractivity contribution is 0.291. The van der Waals surface area contributed by atoms with Gasteiger partial charge in [0.05, 0.1) is 0 Å². The van der Waals surface area contributed by atoms with Gasteiger partial charge in [-0.05, 0) is 36.2 Å². The molecule has 3 rings (SSSR count). The van der Waals surface area contributed by atoms with E-state index < -0.39 is 7.82 Å². The van der Waals surface area contributed by atoms with Crippen LogP contribution in [-0.4, -0.2) is 4.89 Å². The van der Waals surface area contributed by atoms with Crippen molar-refractivity contribution in [2.24, 2.45) is 0 Å². The summed E-state index contributed by atoms with van der Waals surface area (Å²) in [5.41, 5.74) is 1.41. The summed E-state index contributed by atoms with van der Waals surface area (Å²) in [4.78, 5) is 9.53. The van der Waals surface area contributed by atoms with Crippen LogP contribution in [-0.2, 0) is 11.0 Å². The molecule has 0 spiro atoms. The highest BCUT2D eigenvalue weighted by Crippen LogP contribution is 2.44. The number of hydrogen-bond donors (Lipinski definition) is 1. The van der Waals surface area contributed by atoms with Crippen molar-refractivity contribution in [2.45, 2.75) is 13.3 Å². The monoisotopic (exact) mass is 356 g/mol. The van der Waals surface area contributed by atoms with Gasteiger partial charge in [-0.1, -0.05) is 73.7 Å². The van der Waals surface area contributed by atoms with Gasteiger partial charge in [-0.2, -0.15) is 0 Å². The predicted molar refractivity (Wildman–Crippen MR) is 99.8 cm³/mol. The molecular weight excluding hydrogens is 335 g/mol. The number of benzene rings is 3. The molecule has 0 unspecified atom stereocenters. The Morgan fingerprint density at radius 3 is 1.40 bits per heavy atom. The first-order valence-corrected chi connectivity index (χ1v) is 9.44. The number of para-hydroxylation sites is 2. The summed E-state index contributed by atoms with van der Waals surface area (Å²) in [5, 5.41) is 0. The molecule has 0 saturated carbocycles. The molecule has 0 atom stereocenters. The molecule has 0 aromatic heterocycles. The Morgan fingerprint density at radius 2 is 1.08 bits per heavy atom. The lowest BCUT2D eigenvalue weighted by Gasteiger charge is -2.13. The molecule has 3 aromatic rings. The second-order valence-corrected chi connectivity index (χ2v) is 6.42. The number of rotatable bonds is 5. The predicted octanol–water partition coefficient (Wildman–Crippen LogP) is 5.49. The van der Waals surface area contributed by atoms with Crippen LogP contribution >= 0.6 is 7.82 Å². The largest absolute Gasteiger partial charge is 0.584 e. The SMILES string of the molecule is CCc1ccccc1.O=P(O)(Oc1ccccc1)Oc1ccccc1. The molecule has 25 heavy (non-hydrogen) atoms. The Morgan fingerprint density at radius 1 is 0.720 bits per heavy atom. The van der Waals surface area contributed by atoms with E-state index in [0.29, 0.717) is 0 Å². The van der Waals surface area contributed by atoms with Crippen LogP contribution in [0.1, 0.15) is 12.5 Å². The average molecular weight is 356 g/mol. The highest BCUT2D eigenvalue weighted by atomic mass is 31.2. The molecule has 1 N–H and O–H groups in total. The normalized spacial score (nSPS) is 10.3. The van der Waals surface area contributed by atoms with Gasteiger partial charge in [0, 0.05) is 0 Å². The minimum absolute atomic E-state index is 0.286. The van der Waals surface area contributed by atoms with Crippen molar-refractivity contribution < 1.29 is 18.5 Å². The van der Waals surface area contributed by atoms with Crippen LogP contribution in [0.2, 0.25) is 0 Å². The van der Waals surface area contributed by atoms with E-state index in [1.54, 1.807) is 60.7 Å². The first kappa shape index (κ1) is 18.8. The van der Waals surface area contributed by atoms with Gasteiger partial charge in [-0.15, -0.1) is 0 Å². The highest BCUT2D eigenvalue weighted by Gasteiger charge is 2.24. The van der Waals surface area contributed by atoms with Crippen LogP contribution in [0.3, 0.4) is 0 Å². The topological polar surface area (TPSA) is 55.8 Å². The van der Waals surface area contributed by atoms with E-state index in [-0.39, 0.29) is 11.5 Å². The quantitative estimate of drug-likeness (QED) is 0.614. The Kier molecular flexibility index (Phi) is 7.27. The van der Waals surface area contributed by atoms with Gasteiger partial charge in [0.1, 0.15) is 11.5 Å². The summed E-state index contributed by atoms with van der Waals surface area (Å²) in [7, 11) is -4.14. The molecule has 0 aliphatic rings. The van der Waals surface area contributed by atoms with Gasteiger partial charge in [-0.25, -0.2) is 4.57 Å². The molecule has 0 aliphatic carbocycles. The first-order chi connectivity index (χ1) is 12.1. The maximum absolute atomic E-state index is 11.7. The Bertz CT molecular complexity index is 731. The summed E-state index contributed by atoms with van der Waals surface area (Å²) in [5.74, 6) is 0.573. The molecule has 0 heterocycles. The first-order valence-electron chi connectivity index (χ1n) is 7.95. The van der Waals surface area contributed by atoms with Crippen molar-refractivity contribution in [3.63, 3.8) is 0 Å². The lowest BCUT2D eigenvalue weighted by Crippen LogP contribution is -1.99. The zero-order chi connectivity index (χ0) is 18.0. The third-order valence-corrected chi connectivity index (χ3v) is 4.06. The van der Waals surface area contributed by atoms with Crippen molar-refractivity contribution in [1.82, 2.24) is 0 Å². The zero-order valence-electron chi connectivity index (χ0n) is 14.0. The number of phosphoric acid groups is 1. The summed E-state index contributed by atoms with van der Waals surface area (Å²) in [6.07, 6.45) is 1.14. The average Bonchev–Trinajstić information content (AvgIpc) is 2.64. The standard InChI is InChI=1S/C12H11O4P.C8H10/c13-17(14,15-11-7-3-1-4-8-11)16-12-9-5-2-6-10-12;1-2-8-6-4-3-5-7-8/h1-10H,(H,13,14);3-7H,2H2,1H3. The van der Waals surface area contributed by atoms with E-state index in [1.807, 2.05) is 6.07 Å². The molecule has 5 heteroatoms. The van der Waals surface area contributed by atoms with E-state index in [1.165, 1.54) is 5.56 Å². The third kappa shape index (κ3) is 7.25. The van der Waals surface area contributed by atoms with E-state index >= 15 is 0 Å². The van der Waals surface area contributed by atoms with Crippen LogP contribution in [0.5, 0.6) is 11.5 Å². The fraction of sp³-hybridized carbons (Fsp3) is 0.100. The summed E-state index contributed by atoms with van der Waals surface area (Å²) in [6.45, 7) is 2.16. The molecule has 4 nitrogen and oxygen atoms in total. The van der Waals surface area contributed by atoms with Gasteiger partial charge in [-0.3, -0.25) is 4.89 Å². The van der Waals surface area contributed by atoms with Crippen molar-refractivity contribution in [2.75, 3.05) is 0 Å². The molecule has 0 saturated heterocycles. The second-order valence-electron chi connectivity index (χ2n) is 5.12. The minimum Gasteiger partial charge on any atom is -0.395 e.